The Morgan fingerprint density at radius 1 is 1.45 bits per heavy atom. The molecule has 8 heteroatoms. The lowest BCUT2D eigenvalue weighted by Gasteiger charge is -2.32. The molecule has 0 saturated carbocycles. The highest BCUT2D eigenvalue weighted by atomic mass is 32.2. The van der Waals surface area contributed by atoms with E-state index in [1.807, 2.05) is 0 Å². The zero-order valence-corrected chi connectivity index (χ0v) is 11.9. The number of rotatable bonds is 3. The van der Waals surface area contributed by atoms with E-state index >= 15 is 0 Å². The van der Waals surface area contributed by atoms with Crippen LogP contribution in [0.1, 0.15) is 19.8 Å². The first-order valence-electron chi connectivity index (χ1n) is 6.35. The molecule has 110 valence electrons. The van der Waals surface area contributed by atoms with Gasteiger partial charge in [-0.3, -0.25) is 9.59 Å². The lowest BCUT2D eigenvalue weighted by atomic mass is 10.1. The number of carbonyl (C=O) groups excluding carboxylic acids is 1. The number of H-pyrrole nitrogens is 1. The number of sulfonamides is 1. The van der Waals surface area contributed by atoms with Crippen LogP contribution >= 0.6 is 0 Å². The van der Waals surface area contributed by atoms with Gasteiger partial charge in [-0.1, -0.05) is 0 Å². The molecule has 1 aliphatic heterocycles. The normalized spacial score (nSPS) is 20.6. The van der Waals surface area contributed by atoms with Crippen LogP contribution in [0.25, 0.3) is 0 Å². The van der Waals surface area contributed by atoms with E-state index in [2.05, 4.69) is 10.3 Å². The van der Waals surface area contributed by atoms with E-state index in [-0.39, 0.29) is 28.9 Å². The Morgan fingerprint density at radius 3 is 2.80 bits per heavy atom. The highest BCUT2D eigenvalue weighted by Crippen LogP contribution is 2.19. The molecule has 1 aromatic rings. The van der Waals surface area contributed by atoms with Gasteiger partial charge in [0.15, 0.2) is 0 Å². The summed E-state index contributed by atoms with van der Waals surface area (Å²) in [7, 11) is -3.64. The minimum absolute atomic E-state index is 0.0561. The second kappa shape index (κ2) is 5.76. The first-order chi connectivity index (χ1) is 9.39. The van der Waals surface area contributed by atoms with Crippen LogP contribution in [0.2, 0.25) is 0 Å². The third-order valence-corrected chi connectivity index (χ3v) is 5.05. The fraction of sp³-hybridized carbons (Fsp3) is 0.500. The van der Waals surface area contributed by atoms with Crippen LogP contribution in [-0.2, 0) is 14.8 Å². The zero-order chi connectivity index (χ0) is 14.8. The molecule has 1 atom stereocenters. The fourth-order valence-corrected chi connectivity index (χ4v) is 3.76. The SMILES string of the molecule is CC(=O)NC1CCCN(S(=O)(=O)c2ccc(=O)[nH]c2)C1. The first-order valence-corrected chi connectivity index (χ1v) is 7.79. The number of hydrogen-bond acceptors (Lipinski definition) is 4. The average molecular weight is 299 g/mol. The largest absolute Gasteiger partial charge is 0.352 e. The summed E-state index contributed by atoms with van der Waals surface area (Å²) in [6.45, 7) is 2.08. The molecule has 20 heavy (non-hydrogen) atoms. The molecule has 2 N–H and O–H groups in total. The Morgan fingerprint density at radius 2 is 2.20 bits per heavy atom. The standard InChI is InChI=1S/C12H17N3O4S/c1-9(16)14-10-3-2-6-15(8-10)20(18,19)11-4-5-12(17)13-7-11/h4-5,7,10H,2-3,6,8H2,1H3,(H,13,17)(H,14,16). The minimum Gasteiger partial charge on any atom is -0.352 e. The smallest absolute Gasteiger partial charge is 0.247 e. The van der Waals surface area contributed by atoms with E-state index in [1.54, 1.807) is 0 Å². The second-order valence-corrected chi connectivity index (χ2v) is 6.73. The van der Waals surface area contributed by atoms with Crippen LogP contribution in [0.5, 0.6) is 0 Å². The summed E-state index contributed by atoms with van der Waals surface area (Å²) in [5.41, 5.74) is -0.348. The summed E-state index contributed by atoms with van der Waals surface area (Å²) in [5.74, 6) is -0.168. The molecule has 0 spiro atoms. The third-order valence-electron chi connectivity index (χ3n) is 3.18. The average Bonchev–Trinajstić information content (AvgIpc) is 2.39. The van der Waals surface area contributed by atoms with Crippen molar-refractivity contribution >= 4 is 15.9 Å². The highest BCUT2D eigenvalue weighted by Gasteiger charge is 2.30. The van der Waals surface area contributed by atoms with E-state index in [4.69, 9.17) is 0 Å². The number of amides is 1. The number of pyridine rings is 1. The van der Waals surface area contributed by atoms with E-state index in [0.717, 1.165) is 6.42 Å². The molecule has 7 nitrogen and oxygen atoms in total. The highest BCUT2D eigenvalue weighted by molar-refractivity contribution is 7.89. The molecular weight excluding hydrogens is 282 g/mol. The van der Waals surface area contributed by atoms with Gasteiger partial charge < -0.3 is 10.3 Å². The first kappa shape index (κ1) is 14.7. The number of piperidine rings is 1. The molecular formula is C12H17N3O4S. The number of carbonyl (C=O) groups is 1. The molecule has 0 aromatic carbocycles. The van der Waals surface area contributed by atoms with Gasteiger partial charge in [0.05, 0.1) is 4.90 Å². The molecule has 1 amide bonds. The van der Waals surface area contributed by atoms with Crippen molar-refractivity contribution in [2.24, 2.45) is 0 Å². The molecule has 1 aromatic heterocycles. The summed E-state index contributed by atoms with van der Waals surface area (Å²) in [5, 5.41) is 2.74. The Balaban J connectivity index is 2.18. The Kier molecular flexibility index (Phi) is 4.24. The van der Waals surface area contributed by atoms with Crippen molar-refractivity contribution in [1.29, 1.82) is 0 Å². The molecule has 0 radical (unpaired) electrons. The second-order valence-electron chi connectivity index (χ2n) is 4.79. The molecule has 2 heterocycles. The summed E-state index contributed by atoms with van der Waals surface area (Å²) in [4.78, 5) is 24.5. The predicted octanol–water partition coefficient (Wildman–Crippen LogP) is -0.336. The van der Waals surface area contributed by atoms with Crippen LogP contribution in [0.3, 0.4) is 0 Å². The Labute approximate surface area is 117 Å². The van der Waals surface area contributed by atoms with Crippen LogP contribution in [0, 0.1) is 0 Å². The van der Waals surface area contributed by atoms with Gasteiger partial charge in [0.1, 0.15) is 0 Å². The van der Waals surface area contributed by atoms with Crippen LogP contribution in [0.4, 0.5) is 0 Å². The molecule has 1 fully saturated rings. The van der Waals surface area contributed by atoms with Gasteiger partial charge in [0.2, 0.25) is 21.5 Å². The van der Waals surface area contributed by atoms with Gasteiger partial charge in [-0.2, -0.15) is 4.31 Å². The van der Waals surface area contributed by atoms with Gasteiger partial charge in [0, 0.05) is 38.3 Å². The lowest BCUT2D eigenvalue weighted by molar-refractivity contribution is -0.119. The number of aromatic amines is 1. The van der Waals surface area contributed by atoms with E-state index in [9.17, 15) is 18.0 Å². The van der Waals surface area contributed by atoms with E-state index in [0.29, 0.717) is 13.0 Å². The monoisotopic (exact) mass is 299 g/mol. The van der Waals surface area contributed by atoms with Crippen molar-refractivity contribution in [3.63, 3.8) is 0 Å². The number of hydrogen-bond donors (Lipinski definition) is 2. The van der Waals surface area contributed by atoms with E-state index in [1.165, 1.54) is 29.6 Å². The number of nitrogens with zero attached hydrogens (tertiary/aromatic N) is 1. The summed E-state index contributed by atoms with van der Waals surface area (Å²) in [6, 6.07) is 2.30. The van der Waals surface area contributed by atoms with Gasteiger partial charge in [-0.05, 0) is 18.9 Å². The van der Waals surface area contributed by atoms with Crippen molar-refractivity contribution < 1.29 is 13.2 Å². The van der Waals surface area contributed by atoms with Crippen molar-refractivity contribution in [2.75, 3.05) is 13.1 Å². The van der Waals surface area contributed by atoms with Crippen molar-refractivity contribution in [2.45, 2.75) is 30.7 Å². The van der Waals surface area contributed by atoms with Crippen molar-refractivity contribution in [3.8, 4) is 0 Å². The maximum Gasteiger partial charge on any atom is 0.247 e. The van der Waals surface area contributed by atoms with Gasteiger partial charge in [-0.25, -0.2) is 8.42 Å². The molecule has 2 rings (SSSR count). The maximum atomic E-state index is 12.4. The third kappa shape index (κ3) is 3.26. The fourth-order valence-electron chi connectivity index (χ4n) is 2.27. The van der Waals surface area contributed by atoms with Gasteiger partial charge in [-0.15, -0.1) is 0 Å². The number of aromatic nitrogens is 1. The molecule has 1 unspecified atom stereocenters. The Hall–Kier alpha value is -1.67. The predicted molar refractivity (Wildman–Crippen MR) is 72.7 cm³/mol. The molecule has 1 aliphatic rings. The topological polar surface area (TPSA) is 99.3 Å². The zero-order valence-electron chi connectivity index (χ0n) is 11.1. The Bertz CT molecular complexity index is 632. The van der Waals surface area contributed by atoms with Gasteiger partial charge >= 0.3 is 0 Å². The summed E-state index contributed by atoms with van der Waals surface area (Å²) < 4.78 is 26.2. The van der Waals surface area contributed by atoms with Crippen LogP contribution < -0.4 is 10.9 Å². The molecule has 0 aliphatic carbocycles. The molecule has 1 saturated heterocycles. The maximum absolute atomic E-state index is 12.4. The van der Waals surface area contributed by atoms with Gasteiger partial charge in [0.25, 0.3) is 0 Å². The van der Waals surface area contributed by atoms with E-state index < -0.39 is 10.0 Å². The summed E-state index contributed by atoms with van der Waals surface area (Å²) >= 11 is 0. The van der Waals surface area contributed by atoms with Crippen molar-refractivity contribution in [3.05, 3.63) is 28.7 Å². The summed E-state index contributed by atoms with van der Waals surface area (Å²) in [6.07, 6.45) is 2.64. The lowest BCUT2D eigenvalue weighted by Crippen LogP contribution is -2.49. The quantitative estimate of drug-likeness (QED) is 0.798. The van der Waals surface area contributed by atoms with Crippen LogP contribution in [0.15, 0.2) is 28.0 Å². The molecule has 0 bridgehead atoms. The van der Waals surface area contributed by atoms with Crippen LogP contribution in [-0.4, -0.2) is 42.7 Å². The minimum atomic E-state index is -3.64. The number of nitrogens with one attached hydrogen (secondary N) is 2. The van der Waals surface area contributed by atoms with Crippen molar-refractivity contribution in [1.82, 2.24) is 14.6 Å².